The third-order valence-corrected chi connectivity index (χ3v) is 5.01. The summed E-state index contributed by atoms with van der Waals surface area (Å²) >= 11 is 1.28. The molecule has 0 fully saturated rings. The summed E-state index contributed by atoms with van der Waals surface area (Å²) < 4.78 is 21.1. The van der Waals surface area contributed by atoms with E-state index in [1.807, 2.05) is 25.1 Å². The first-order valence-corrected chi connectivity index (χ1v) is 8.87. The number of hydrogen-bond acceptors (Lipinski definition) is 4. The molecule has 5 nitrogen and oxygen atoms in total. The quantitative estimate of drug-likeness (QED) is 0.660. The van der Waals surface area contributed by atoms with Gasteiger partial charge in [0, 0.05) is 0 Å². The number of carbonyl (C=O) groups excluding carboxylic acids is 2. The first-order chi connectivity index (χ1) is 12.5. The second kappa shape index (κ2) is 7.61. The zero-order valence-electron chi connectivity index (χ0n) is 14.4. The van der Waals surface area contributed by atoms with Gasteiger partial charge in [-0.05, 0) is 36.2 Å². The second-order valence-electron chi connectivity index (χ2n) is 5.60. The third kappa shape index (κ3) is 3.57. The van der Waals surface area contributed by atoms with Gasteiger partial charge in [0.05, 0.1) is 22.9 Å². The average molecular weight is 372 g/mol. The van der Waals surface area contributed by atoms with Crippen LogP contribution in [0.5, 0.6) is 0 Å². The van der Waals surface area contributed by atoms with E-state index in [1.165, 1.54) is 36.6 Å². The van der Waals surface area contributed by atoms with Gasteiger partial charge >= 0.3 is 5.97 Å². The molecule has 134 valence electrons. The fraction of sp³-hybridized carbons (Fsp3) is 0.211. The Labute approximate surface area is 153 Å². The summed E-state index contributed by atoms with van der Waals surface area (Å²) in [5.74, 6) is -1.77. The highest BCUT2D eigenvalue weighted by Crippen LogP contribution is 2.20. The molecule has 26 heavy (non-hydrogen) atoms. The molecule has 0 atom stereocenters. The lowest BCUT2D eigenvalue weighted by Gasteiger charge is -2.04. The van der Waals surface area contributed by atoms with Crippen molar-refractivity contribution in [3.05, 3.63) is 64.2 Å². The summed E-state index contributed by atoms with van der Waals surface area (Å²) in [5.41, 5.74) is 1.80. The second-order valence-corrected chi connectivity index (χ2v) is 6.61. The van der Waals surface area contributed by atoms with Crippen molar-refractivity contribution in [1.29, 1.82) is 0 Å². The molecule has 0 aliphatic heterocycles. The van der Waals surface area contributed by atoms with E-state index in [0.717, 1.165) is 22.2 Å². The van der Waals surface area contributed by atoms with Gasteiger partial charge in [-0.3, -0.25) is 9.59 Å². The number of hydrogen-bond donors (Lipinski definition) is 0. The Bertz CT molecular complexity index is 1050. The van der Waals surface area contributed by atoms with Gasteiger partial charge in [-0.1, -0.05) is 36.5 Å². The standard InChI is InChI=1S/C19H17FN2O3S/c1-3-12-8-9-15-16(10-12)26-19(22(15)11-17(23)25-2)21-18(24)13-6-4-5-7-14(13)20/h4-10H,3,11H2,1-2H3. The van der Waals surface area contributed by atoms with Gasteiger partial charge in [0.25, 0.3) is 5.91 Å². The van der Waals surface area contributed by atoms with Gasteiger partial charge < -0.3 is 9.30 Å². The molecule has 0 aliphatic rings. The predicted molar refractivity (Wildman–Crippen MR) is 97.5 cm³/mol. The van der Waals surface area contributed by atoms with Crippen LogP contribution in [0.1, 0.15) is 22.8 Å². The van der Waals surface area contributed by atoms with Crippen LogP contribution in [0.2, 0.25) is 0 Å². The minimum absolute atomic E-state index is 0.0780. The number of thiazole rings is 1. The third-order valence-electron chi connectivity index (χ3n) is 3.97. The lowest BCUT2D eigenvalue weighted by Crippen LogP contribution is -2.22. The number of carbonyl (C=O) groups is 2. The van der Waals surface area contributed by atoms with Crippen molar-refractivity contribution in [3.63, 3.8) is 0 Å². The fourth-order valence-electron chi connectivity index (χ4n) is 2.55. The van der Waals surface area contributed by atoms with Gasteiger partial charge in [-0.2, -0.15) is 4.99 Å². The molecule has 0 saturated heterocycles. The lowest BCUT2D eigenvalue weighted by atomic mass is 10.2. The van der Waals surface area contributed by atoms with E-state index >= 15 is 0 Å². The Kier molecular flexibility index (Phi) is 5.27. The van der Waals surface area contributed by atoms with Crippen molar-refractivity contribution in [2.75, 3.05) is 7.11 Å². The van der Waals surface area contributed by atoms with Crippen LogP contribution >= 0.6 is 11.3 Å². The molecule has 1 amide bonds. The number of esters is 1. The molecule has 0 bridgehead atoms. The Balaban J connectivity index is 2.16. The topological polar surface area (TPSA) is 60.7 Å². The number of benzene rings is 2. The summed E-state index contributed by atoms with van der Waals surface area (Å²) in [7, 11) is 1.30. The number of amides is 1. The molecule has 0 unspecified atom stereocenters. The van der Waals surface area contributed by atoms with E-state index in [4.69, 9.17) is 4.74 Å². The van der Waals surface area contributed by atoms with Crippen LogP contribution in [-0.4, -0.2) is 23.6 Å². The Morgan fingerprint density at radius 3 is 2.69 bits per heavy atom. The van der Waals surface area contributed by atoms with Crippen molar-refractivity contribution >= 4 is 33.4 Å². The first kappa shape index (κ1) is 18.0. The van der Waals surface area contributed by atoms with Crippen molar-refractivity contribution in [3.8, 4) is 0 Å². The molecule has 3 aromatic rings. The summed E-state index contributed by atoms with van der Waals surface area (Å²) in [4.78, 5) is 28.6. The summed E-state index contributed by atoms with van der Waals surface area (Å²) in [5, 5.41) is 0. The van der Waals surface area contributed by atoms with Crippen LogP contribution < -0.4 is 4.80 Å². The summed E-state index contributed by atoms with van der Waals surface area (Å²) in [6, 6.07) is 11.5. The first-order valence-electron chi connectivity index (χ1n) is 8.06. The number of methoxy groups -OCH3 is 1. The molecule has 3 rings (SSSR count). The van der Waals surface area contributed by atoms with Crippen LogP contribution in [-0.2, 0) is 22.5 Å². The van der Waals surface area contributed by atoms with Gasteiger partial charge in [-0.25, -0.2) is 4.39 Å². The zero-order valence-corrected chi connectivity index (χ0v) is 15.2. The van der Waals surface area contributed by atoms with Crippen molar-refractivity contribution in [2.45, 2.75) is 19.9 Å². The minimum Gasteiger partial charge on any atom is -0.468 e. The molecule has 1 aromatic heterocycles. The molecule has 1 heterocycles. The highest BCUT2D eigenvalue weighted by molar-refractivity contribution is 7.16. The molecular formula is C19H17FN2O3S. The number of fused-ring (bicyclic) bond motifs is 1. The number of nitrogens with zero attached hydrogens (tertiary/aromatic N) is 2. The molecular weight excluding hydrogens is 355 g/mol. The lowest BCUT2D eigenvalue weighted by molar-refractivity contribution is -0.141. The molecule has 0 saturated carbocycles. The van der Waals surface area contributed by atoms with E-state index in [-0.39, 0.29) is 12.1 Å². The predicted octanol–water partition coefficient (Wildman–Crippen LogP) is 3.32. The maximum Gasteiger partial charge on any atom is 0.325 e. The monoisotopic (exact) mass is 372 g/mol. The van der Waals surface area contributed by atoms with E-state index in [9.17, 15) is 14.0 Å². The fourth-order valence-corrected chi connectivity index (χ4v) is 3.64. The number of ether oxygens (including phenoxy) is 1. The molecule has 2 aromatic carbocycles. The number of rotatable bonds is 4. The molecule has 0 aliphatic carbocycles. The SMILES string of the molecule is CCc1ccc2c(c1)sc(=NC(=O)c1ccccc1F)n2CC(=O)OC. The van der Waals surface area contributed by atoms with Crippen molar-refractivity contribution in [1.82, 2.24) is 4.57 Å². The Morgan fingerprint density at radius 2 is 2.00 bits per heavy atom. The molecule has 0 spiro atoms. The van der Waals surface area contributed by atoms with E-state index in [2.05, 4.69) is 4.99 Å². The normalized spacial score (nSPS) is 11.7. The van der Waals surface area contributed by atoms with Gasteiger partial charge in [0.2, 0.25) is 0 Å². The van der Waals surface area contributed by atoms with Gasteiger partial charge in [0.1, 0.15) is 12.4 Å². The van der Waals surface area contributed by atoms with Crippen LogP contribution in [0.4, 0.5) is 4.39 Å². The highest BCUT2D eigenvalue weighted by atomic mass is 32.1. The van der Waals surface area contributed by atoms with Gasteiger partial charge in [0.15, 0.2) is 4.80 Å². The van der Waals surface area contributed by atoms with Crippen molar-refractivity contribution < 1.29 is 18.7 Å². The molecule has 0 N–H and O–H groups in total. The van der Waals surface area contributed by atoms with Crippen LogP contribution in [0, 0.1) is 5.82 Å². The zero-order chi connectivity index (χ0) is 18.7. The number of aryl methyl sites for hydroxylation is 1. The van der Waals surface area contributed by atoms with Crippen LogP contribution in [0.3, 0.4) is 0 Å². The Hall–Kier alpha value is -2.80. The van der Waals surface area contributed by atoms with Crippen LogP contribution in [0.15, 0.2) is 47.5 Å². The molecule has 0 radical (unpaired) electrons. The van der Waals surface area contributed by atoms with Crippen molar-refractivity contribution in [2.24, 2.45) is 4.99 Å². The van der Waals surface area contributed by atoms with Crippen LogP contribution in [0.25, 0.3) is 10.2 Å². The highest BCUT2D eigenvalue weighted by Gasteiger charge is 2.14. The minimum atomic E-state index is -0.691. The maximum atomic E-state index is 13.9. The smallest absolute Gasteiger partial charge is 0.325 e. The van der Waals surface area contributed by atoms with E-state index in [1.54, 1.807) is 10.6 Å². The molecule has 7 heteroatoms. The number of halogens is 1. The average Bonchev–Trinajstić information content (AvgIpc) is 2.97. The summed E-state index contributed by atoms with van der Waals surface area (Å²) in [6.07, 6.45) is 0.867. The van der Waals surface area contributed by atoms with Gasteiger partial charge in [-0.15, -0.1) is 0 Å². The van der Waals surface area contributed by atoms with E-state index in [0.29, 0.717) is 4.80 Å². The summed E-state index contributed by atoms with van der Waals surface area (Å²) in [6.45, 7) is 1.97. The Morgan fingerprint density at radius 1 is 1.23 bits per heavy atom. The number of aromatic nitrogens is 1. The maximum absolute atomic E-state index is 13.9. The van der Waals surface area contributed by atoms with E-state index < -0.39 is 17.7 Å². The largest absolute Gasteiger partial charge is 0.468 e.